The number of hydrogen-bond donors (Lipinski definition) is 3. The Kier molecular flexibility index (Phi) is 5.78. The average Bonchev–Trinajstić information content (AvgIpc) is 2.95. The summed E-state index contributed by atoms with van der Waals surface area (Å²) in [4.78, 5) is 27.1. The summed E-state index contributed by atoms with van der Waals surface area (Å²) in [5.74, 6) is 0.123. The molecule has 3 atom stereocenters. The Morgan fingerprint density at radius 2 is 1.81 bits per heavy atom. The lowest BCUT2D eigenvalue weighted by molar-refractivity contribution is -0.129. The fraction of sp³-hybridized carbons (Fsp3) is 0.700. The zero-order chi connectivity index (χ0) is 20.7. The van der Waals surface area contributed by atoms with Gasteiger partial charge in [-0.15, -0.1) is 0 Å². The van der Waals surface area contributed by atoms with Crippen LogP contribution in [-0.4, -0.2) is 57.3 Å². The predicted molar refractivity (Wildman–Crippen MR) is 101 cm³/mol. The molecule has 0 bridgehead atoms. The molecule has 152 valence electrons. The van der Waals surface area contributed by atoms with E-state index in [-0.39, 0.29) is 12.0 Å². The number of furan rings is 1. The Labute approximate surface area is 160 Å². The largest absolute Gasteiger partial charge is 0.466 e. The van der Waals surface area contributed by atoms with E-state index in [9.17, 15) is 19.8 Å². The van der Waals surface area contributed by atoms with Crippen molar-refractivity contribution in [2.24, 2.45) is 5.41 Å². The molecule has 2 amide bonds. The fourth-order valence-electron chi connectivity index (χ4n) is 4.10. The van der Waals surface area contributed by atoms with Crippen molar-refractivity contribution in [3.05, 3.63) is 23.2 Å². The van der Waals surface area contributed by atoms with Crippen molar-refractivity contribution in [2.75, 3.05) is 6.54 Å². The number of nitrogens with zero attached hydrogens (tertiary/aromatic N) is 1. The topological polar surface area (TPSA) is 103 Å². The first kappa shape index (κ1) is 21.4. The van der Waals surface area contributed by atoms with Crippen molar-refractivity contribution >= 4 is 11.8 Å². The van der Waals surface area contributed by atoms with Crippen molar-refractivity contribution < 1.29 is 24.2 Å². The first-order valence-electron chi connectivity index (χ1n) is 9.28. The van der Waals surface area contributed by atoms with Crippen LogP contribution >= 0.6 is 0 Å². The minimum Gasteiger partial charge on any atom is -0.466 e. The van der Waals surface area contributed by atoms with E-state index in [0.29, 0.717) is 23.5 Å². The molecule has 1 fully saturated rings. The highest BCUT2D eigenvalue weighted by Crippen LogP contribution is 2.29. The molecule has 1 aromatic rings. The molecule has 1 saturated heterocycles. The van der Waals surface area contributed by atoms with Crippen LogP contribution in [0.4, 0.5) is 0 Å². The number of carbonyl (C=O) groups is 2. The van der Waals surface area contributed by atoms with Crippen LogP contribution < -0.4 is 5.32 Å². The van der Waals surface area contributed by atoms with E-state index < -0.39 is 35.6 Å². The van der Waals surface area contributed by atoms with Gasteiger partial charge < -0.3 is 24.8 Å². The molecule has 2 rings (SSSR count). The Balaban J connectivity index is 2.25. The van der Waals surface area contributed by atoms with Crippen molar-refractivity contribution in [3.8, 4) is 0 Å². The lowest BCUT2D eigenvalue weighted by Crippen LogP contribution is -2.56. The van der Waals surface area contributed by atoms with Gasteiger partial charge in [-0.25, -0.2) is 0 Å². The van der Waals surface area contributed by atoms with Crippen molar-refractivity contribution in [3.63, 3.8) is 0 Å². The van der Waals surface area contributed by atoms with E-state index in [1.807, 2.05) is 13.8 Å². The highest BCUT2D eigenvalue weighted by atomic mass is 16.3. The van der Waals surface area contributed by atoms with Gasteiger partial charge in [0.2, 0.25) is 5.91 Å². The molecule has 0 aliphatic carbocycles. The van der Waals surface area contributed by atoms with E-state index in [4.69, 9.17) is 4.42 Å². The third-order valence-electron chi connectivity index (χ3n) is 4.67. The average molecular weight is 380 g/mol. The van der Waals surface area contributed by atoms with E-state index in [0.717, 1.165) is 0 Å². The zero-order valence-corrected chi connectivity index (χ0v) is 17.3. The third kappa shape index (κ3) is 4.90. The molecule has 27 heavy (non-hydrogen) atoms. The Bertz CT molecular complexity index is 716. The second-order valence-corrected chi connectivity index (χ2v) is 9.40. The van der Waals surface area contributed by atoms with E-state index in [1.165, 1.54) is 4.90 Å². The minimum atomic E-state index is -1.34. The number of nitrogens with one attached hydrogen (secondary N) is 1. The maximum absolute atomic E-state index is 12.9. The molecular formula is C20H32N2O5. The molecular weight excluding hydrogens is 348 g/mol. The van der Waals surface area contributed by atoms with Crippen LogP contribution in [0.5, 0.6) is 0 Å². The second kappa shape index (κ2) is 7.28. The number of aliphatic hydroxyl groups excluding tert-OH is 2. The number of likely N-dealkylation sites (tertiary alicyclic amines) is 1. The van der Waals surface area contributed by atoms with Gasteiger partial charge >= 0.3 is 0 Å². The van der Waals surface area contributed by atoms with Crippen molar-refractivity contribution in [1.82, 2.24) is 10.2 Å². The molecule has 0 saturated carbocycles. The highest BCUT2D eigenvalue weighted by Gasteiger charge is 2.48. The number of rotatable bonds is 4. The Morgan fingerprint density at radius 3 is 2.30 bits per heavy atom. The van der Waals surface area contributed by atoms with E-state index in [2.05, 4.69) is 26.1 Å². The predicted octanol–water partition coefficient (Wildman–Crippen LogP) is 1.77. The van der Waals surface area contributed by atoms with Gasteiger partial charge in [-0.2, -0.15) is 0 Å². The number of amides is 2. The monoisotopic (exact) mass is 380 g/mol. The quantitative estimate of drug-likeness (QED) is 0.739. The van der Waals surface area contributed by atoms with Crippen LogP contribution in [0.2, 0.25) is 0 Å². The maximum atomic E-state index is 12.9. The lowest BCUT2D eigenvalue weighted by atomic mass is 9.81. The maximum Gasteiger partial charge on any atom is 0.258 e. The van der Waals surface area contributed by atoms with Crippen molar-refractivity contribution in [2.45, 2.75) is 78.7 Å². The number of aryl methyl sites for hydroxylation is 2. The van der Waals surface area contributed by atoms with E-state index in [1.54, 1.807) is 19.9 Å². The van der Waals surface area contributed by atoms with Gasteiger partial charge in [0.15, 0.2) is 0 Å². The van der Waals surface area contributed by atoms with Crippen LogP contribution in [0.15, 0.2) is 10.5 Å². The van der Waals surface area contributed by atoms with Crippen LogP contribution in [0, 0.1) is 19.3 Å². The summed E-state index contributed by atoms with van der Waals surface area (Å²) >= 11 is 0. The van der Waals surface area contributed by atoms with Gasteiger partial charge in [-0.3, -0.25) is 9.59 Å². The SMILES string of the molecule is Cc1cc(C(=O)N2CC(O)C(O)C2C(=O)NC(C)(C)CC(C)(C)C)c(C)o1. The zero-order valence-electron chi connectivity index (χ0n) is 17.3. The number of carbonyl (C=O) groups excluding carboxylic acids is 2. The van der Waals surface area contributed by atoms with Crippen LogP contribution in [0.3, 0.4) is 0 Å². The number of β-amino-alcohol motifs (C(OH)–C–C–N with tert-alkyl or cyclic N) is 1. The van der Waals surface area contributed by atoms with Gasteiger partial charge in [-0.1, -0.05) is 20.8 Å². The molecule has 7 heteroatoms. The van der Waals surface area contributed by atoms with Crippen LogP contribution in [-0.2, 0) is 4.79 Å². The summed E-state index contributed by atoms with van der Waals surface area (Å²) in [6, 6.07) is 0.453. The van der Waals surface area contributed by atoms with Crippen LogP contribution in [0.25, 0.3) is 0 Å². The Hall–Kier alpha value is -1.86. The summed E-state index contributed by atoms with van der Waals surface area (Å²) < 4.78 is 5.41. The van der Waals surface area contributed by atoms with E-state index >= 15 is 0 Å². The highest BCUT2D eigenvalue weighted by molar-refractivity contribution is 5.99. The molecule has 7 nitrogen and oxygen atoms in total. The molecule has 2 heterocycles. The molecule has 3 N–H and O–H groups in total. The minimum absolute atomic E-state index is 0.00841. The van der Waals surface area contributed by atoms with Crippen LogP contribution in [0.1, 0.15) is 62.9 Å². The molecule has 1 aromatic heterocycles. The normalized spacial score (nSPS) is 23.6. The summed E-state index contributed by atoms with van der Waals surface area (Å²) in [5, 5.41) is 23.4. The molecule has 0 aromatic carbocycles. The Morgan fingerprint density at radius 1 is 1.22 bits per heavy atom. The molecule has 0 spiro atoms. The molecule has 1 aliphatic heterocycles. The first-order valence-corrected chi connectivity index (χ1v) is 9.28. The van der Waals surface area contributed by atoms with Gasteiger partial charge in [-0.05, 0) is 45.6 Å². The van der Waals surface area contributed by atoms with Gasteiger partial charge in [0, 0.05) is 5.54 Å². The summed E-state index contributed by atoms with van der Waals surface area (Å²) in [7, 11) is 0. The van der Waals surface area contributed by atoms with Crippen molar-refractivity contribution in [1.29, 1.82) is 0 Å². The second-order valence-electron chi connectivity index (χ2n) is 9.40. The third-order valence-corrected chi connectivity index (χ3v) is 4.67. The van der Waals surface area contributed by atoms with Gasteiger partial charge in [0.05, 0.1) is 12.1 Å². The summed E-state index contributed by atoms with van der Waals surface area (Å²) in [6.45, 7) is 13.3. The molecule has 3 unspecified atom stereocenters. The van der Waals surface area contributed by atoms with Gasteiger partial charge in [0.1, 0.15) is 29.8 Å². The number of hydrogen-bond acceptors (Lipinski definition) is 5. The van der Waals surface area contributed by atoms with Gasteiger partial charge in [0.25, 0.3) is 5.91 Å². The summed E-state index contributed by atoms with van der Waals surface area (Å²) in [5.41, 5.74) is -0.203. The lowest BCUT2D eigenvalue weighted by Gasteiger charge is -2.35. The number of aliphatic hydroxyl groups is 2. The summed E-state index contributed by atoms with van der Waals surface area (Å²) in [6.07, 6.45) is -1.80. The standard InChI is InChI=1S/C20H32N2O5/c1-11-8-13(12(2)27-11)18(26)22-9-14(23)16(24)15(22)17(25)21-20(6,7)10-19(3,4)5/h8,14-16,23-24H,9-10H2,1-7H3,(H,21,25). The fourth-order valence-corrected chi connectivity index (χ4v) is 4.10. The smallest absolute Gasteiger partial charge is 0.258 e. The first-order chi connectivity index (χ1) is 12.2. The molecule has 1 aliphatic rings. The molecule has 0 radical (unpaired) electrons.